The fourth-order valence-corrected chi connectivity index (χ4v) is 1.81. The number of hydrogen-bond acceptors (Lipinski definition) is 2. The van der Waals surface area contributed by atoms with Crippen molar-refractivity contribution < 1.29 is 9.53 Å². The minimum Gasteiger partial charge on any atom is -0.467 e. The molecule has 15 heavy (non-hydrogen) atoms. The third kappa shape index (κ3) is 2.92. The Balaban J connectivity index is 5.10. The predicted molar refractivity (Wildman–Crippen MR) is 84.9 cm³/mol. The van der Waals surface area contributed by atoms with Crippen LogP contribution in [0.15, 0.2) is 0 Å². The molecule has 0 bridgehead atoms. The first-order valence-corrected chi connectivity index (χ1v) is 6.14. The van der Waals surface area contributed by atoms with Gasteiger partial charge in [-0.15, -0.1) is 15.9 Å². The molecule has 0 N–H and O–H groups in total. The van der Waals surface area contributed by atoms with Gasteiger partial charge in [0, 0.05) is 5.21 Å². The van der Waals surface area contributed by atoms with Gasteiger partial charge in [0.25, 0.3) is 5.97 Å². The van der Waals surface area contributed by atoms with E-state index in [1.54, 1.807) is 0 Å². The highest BCUT2D eigenvalue weighted by Gasteiger charge is 2.50. The molecule has 0 saturated heterocycles. The van der Waals surface area contributed by atoms with Crippen LogP contribution in [0.4, 0.5) is 0 Å². The van der Waals surface area contributed by atoms with Crippen LogP contribution in [0.25, 0.3) is 0 Å². The maximum Gasteiger partial charge on any atom is 0.295 e. The van der Waals surface area contributed by atoms with Gasteiger partial charge in [-0.25, -0.2) is 0 Å². The zero-order valence-electron chi connectivity index (χ0n) is 10.9. The van der Waals surface area contributed by atoms with Crippen molar-refractivity contribution in [1.82, 2.24) is 0 Å². The third-order valence-corrected chi connectivity index (χ3v) is 4.83. The van der Waals surface area contributed by atoms with Crippen LogP contribution < -0.4 is 0 Å². The lowest BCUT2D eigenvalue weighted by molar-refractivity contribution is -0.144. The van der Waals surface area contributed by atoms with Crippen LogP contribution in [0.3, 0.4) is 0 Å². The minimum atomic E-state index is -0.518. The lowest BCUT2D eigenvalue weighted by atomic mass is 9.22. The molecular weight excluding hydrogens is 249 g/mol. The van der Waals surface area contributed by atoms with Crippen molar-refractivity contribution in [2.45, 2.75) is 21.5 Å². The van der Waals surface area contributed by atoms with Crippen molar-refractivity contribution in [1.29, 1.82) is 0 Å². The quantitative estimate of drug-likeness (QED) is 0.292. The third-order valence-electron chi connectivity index (χ3n) is 3.83. The molecule has 0 aromatic heterocycles. The molecule has 0 aliphatic rings. The summed E-state index contributed by atoms with van der Waals surface area (Å²) in [7, 11) is 12.2. The molecule has 0 atom stereocenters. The Kier molecular flexibility index (Phi) is 4.79. The summed E-state index contributed by atoms with van der Waals surface area (Å²) in [5, 5.41) is -0.720. The van der Waals surface area contributed by atoms with Gasteiger partial charge in [0.2, 0.25) is 0 Å². The molecule has 0 aliphatic carbocycles. The normalized spacial score (nSPS) is 13.5. The number of halogens is 1. The minimum absolute atomic E-state index is 0.129. The molecule has 2 nitrogen and oxygen atoms in total. The fourth-order valence-electron chi connectivity index (χ4n) is 1.31. The van der Waals surface area contributed by atoms with E-state index in [0.29, 0.717) is 6.61 Å². The number of esters is 1. The summed E-state index contributed by atoms with van der Waals surface area (Å²) in [4.78, 5) is 11.9. The first-order chi connectivity index (χ1) is 6.48. The molecule has 0 saturated carbocycles. The van der Waals surface area contributed by atoms with E-state index >= 15 is 0 Å². The van der Waals surface area contributed by atoms with E-state index in [2.05, 4.69) is 47.3 Å². The van der Waals surface area contributed by atoms with E-state index < -0.39 is 5.21 Å². The van der Waals surface area contributed by atoms with Crippen LogP contribution in [-0.2, 0) is 9.53 Å². The van der Waals surface area contributed by atoms with Gasteiger partial charge in [-0.1, -0.05) is 5.21 Å². The molecule has 9 heteroatoms. The number of alkyl halides is 1. The van der Waals surface area contributed by atoms with E-state index in [-0.39, 0.29) is 15.3 Å². The van der Waals surface area contributed by atoms with Crippen molar-refractivity contribution in [3.8, 4) is 0 Å². The average Bonchev–Trinajstić information content (AvgIpc) is 2.02. The number of hydrogen-bond donors (Lipinski definition) is 0. The highest BCUT2D eigenvalue weighted by atomic mass is 79.9. The van der Waals surface area contributed by atoms with Crippen molar-refractivity contribution >= 4 is 69.0 Å². The van der Waals surface area contributed by atoms with Gasteiger partial charge in [0.05, 0.1) is 22.3 Å². The largest absolute Gasteiger partial charge is 0.467 e. The van der Waals surface area contributed by atoms with Gasteiger partial charge >= 0.3 is 0 Å². The lowest BCUT2D eigenvalue weighted by Crippen LogP contribution is -2.52. The summed E-state index contributed by atoms with van der Waals surface area (Å²) < 4.78 is 5.00. The van der Waals surface area contributed by atoms with Gasteiger partial charge < -0.3 is 4.74 Å². The van der Waals surface area contributed by atoms with Crippen molar-refractivity contribution in [3.63, 3.8) is 0 Å². The predicted octanol–water partition coefficient (Wildman–Crippen LogP) is -4.37. The zero-order valence-corrected chi connectivity index (χ0v) is 12.5. The highest BCUT2D eigenvalue weighted by molar-refractivity contribution is 9.11. The van der Waals surface area contributed by atoms with Crippen LogP contribution in [0.1, 0.15) is 6.92 Å². The van der Waals surface area contributed by atoms with Crippen molar-refractivity contribution in [2.24, 2.45) is 0 Å². The van der Waals surface area contributed by atoms with Crippen LogP contribution in [0.5, 0.6) is 0 Å². The molecule has 0 rings (SSSR count). The summed E-state index contributed by atoms with van der Waals surface area (Å²) in [6.07, 6.45) is 0. The van der Waals surface area contributed by atoms with Crippen molar-refractivity contribution in [3.05, 3.63) is 0 Å². The van der Waals surface area contributed by atoms with Crippen LogP contribution in [0.2, 0.25) is 10.4 Å². The van der Waals surface area contributed by atoms with E-state index in [1.807, 2.05) is 22.6 Å². The van der Waals surface area contributed by atoms with Gasteiger partial charge in [-0.05, 0) is 11.0 Å². The second-order valence-electron chi connectivity index (χ2n) is 5.44. The van der Waals surface area contributed by atoms with E-state index in [1.165, 1.54) is 0 Å². The monoisotopic (exact) mass is 266 g/mol. The molecule has 0 amide bonds. The summed E-state index contributed by atoms with van der Waals surface area (Å²) in [6, 6.07) is 0. The number of carbonyl (C=O) groups is 1. The highest BCUT2D eigenvalue weighted by Crippen LogP contribution is 2.51. The van der Waals surface area contributed by atoms with Gasteiger partial charge in [0.1, 0.15) is 31.4 Å². The SMILES string of the molecule is BC(B)(Br)C(B)(B)C(B)(B)C(=O)OCC. The smallest absolute Gasteiger partial charge is 0.295 e. The first-order valence-electron chi connectivity index (χ1n) is 5.34. The lowest BCUT2D eigenvalue weighted by Gasteiger charge is -2.49. The summed E-state index contributed by atoms with van der Waals surface area (Å²) >= 11 is 3.65. The molecule has 0 fully saturated rings. The average molecular weight is 266 g/mol. The summed E-state index contributed by atoms with van der Waals surface area (Å²) in [5.74, 6) is -0.137. The van der Waals surface area contributed by atoms with Crippen LogP contribution in [0, 0.1) is 0 Å². The Morgan fingerprint density at radius 2 is 1.60 bits per heavy atom. The molecule has 0 heterocycles. The zero-order chi connectivity index (χ0) is 12.5. The van der Waals surface area contributed by atoms with Gasteiger partial charge in [0.15, 0.2) is 0 Å². The molecule has 78 valence electrons. The molecular formula is C6H17B6BrO2. The van der Waals surface area contributed by atoms with Crippen molar-refractivity contribution in [2.75, 3.05) is 6.61 Å². The Morgan fingerprint density at radius 3 is 1.87 bits per heavy atom. The van der Waals surface area contributed by atoms with Gasteiger partial charge in [-0.3, -0.25) is 4.79 Å². The molecule has 0 aromatic carbocycles. The fraction of sp³-hybridized carbons (Fsp3) is 0.833. The summed E-state index contributed by atoms with van der Waals surface area (Å²) in [5.41, 5.74) is 0. The van der Waals surface area contributed by atoms with Crippen LogP contribution >= 0.6 is 15.9 Å². The maximum atomic E-state index is 11.9. The summed E-state index contributed by atoms with van der Waals surface area (Å²) in [6.45, 7) is 2.27. The molecule has 0 spiro atoms. The van der Waals surface area contributed by atoms with Gasteiger partial charge in [-0.2, -0.15) is 0 Å². The number of ether oxygens (including phenoxy) is 1. The Bertz CT molecular complexity index is 248. The topological polar surface area (TPSA) is 26.3 Å². The second-order valence-corrected chi connectivity index (χ2v) is 7.43. The molecule has 0 radical (unpaired) electrons. The Hall–Kier alpha value is 0.340. The molecule has 0 aromatic rings. The Labute approximate surface area is 107 Å². The molecule has 0 unspecified atom stereocenters. The molecule has 0 aliphatic heterocycles. The van der Waals surface area contributed by atoms with E-state index in [4.69, 9.17) is 4.74 Å². The van der Waals surface area contributed by atoms with E-state index in [9.17, 15) is 4.79 Å². The maximum absolute atomic E-state index is 11.9. The standard InChI is InChI=1S/C6H17B6BrO2/c1-2-15-3(14)4(7,8)5(9,10)6(11,12)13/h2,7-12H2,1H3. The number of rotatable bonds is 4. The van der Waals surface area contributed by atoms with Crippen LogP contribution in [-0.4, -0.2) is 63.8 Å². The first kappa shape index (κ1) is 15.3. The van der Waals surface area contributed by atoms with E-state index in [0.717, 1.165) is 0 Å². The number of carbonyl (C=O) groups excluding carboxylic acids is 1. The Morgan fingerprint density at radius 1 is 1.20 bits per heavy atom. The second kappa shape index (κ2) is 4.68.